The summed E-state index contributed by atoms with van der Waals surface area (Å²) in [5.74, 6) is 0. The van der Waals surface area contributed by atoms with Crippen LogP contribution in [0, 0.1) is 0 Å². The first-order valence-electron chi connectivity index (χ1n) is 4.57. The topological polar surface area (TPSA) is 66.5 Å². The second-order valence-electron chi connectivity index (χ2n) is 3.26. The molecule has 2 atom stereocenters. The first kappa shape index (κ1) is 12.7. The van der Waals surface area contributed by atoms with E-state index in [0.29, 0.717) is 28.6 Å². The lowest BCUT2D eigenvalue weighted by Gasteiger charge is -2.18. The number of aliphatic hydroxyl groups excluding tert-OH is 2. The van der Waals surface area contributed by atoms with Crippen LogP contribution in [-0.2, 0) is 0 Å². The quantitative estimate of drug-likeness (QED) is 0.762. The van der Waals surface area contributed by atoms with E-state index in [-0.39, 0.29) is 0 Å². The van der Waals surface area contributed by atoms with Gasteiger partial charge >= 0.3 is 0 Å². The molecular formula is C10H13Cl2NO2. The Morgan fingerprint density at radius 2 is 1.93 bits per heavy atom. The van der Waals surface area contributed by atoms with Crippen LogP contribution < -0.4 is 5.73 Å². The molecule has 0 radical (unpaired) electrons. The van der Waals surface area contributed by atoms with Crippen molar-refractivity contribution >= 4 is 23.2 Å². The van der Waals surface area contributed by atoms with Gasteiger partial charge in [-0.15, -0.1) is 0 Å². The van der Waals surface area contributed by atoms with Crippen molar-refractivity contribution in [2.24, 2.45) is 5.73 Å². The number of aliphatic hydroxyl groups is 2. The summed E-state index contributed by atoms with van der Waals surface area (Å²) in [7, 11) is 0. The molecule has 5 heteroatoms. The molecule has 4 N–H and O–H groups in total. The number of halogens is 2. The van der Waals surface area contributed by atoms with E-state index in [1.165, 1.54) is 6.07 Å². The van der Waals surface area contributed by atoms with Gasteiger partial charge in [-0.2, -0.15) is 0 Å². The SMILES string of the molecule is NCCC(O)C(O)c1ccc(Cl)cc1Cl. The van der Waals surface area contributed by atoms with E-state index in [0.717, 1.165) is 0 Å². The van der Waals surface area contributed by atoms with Crippen LogP contribution in [0.5, 0.6) is 0 Å². The molecule has 2 unspecified atom stereocenters. The molecule has 3 nitrogen and oxygen atoms in total. The highest BCUT2D eigenvalue weighted by Gasteiger charge is 2.19. The highest BCUT2D eigenvalue weighted by molar-refractivity contribution is 6.35. The predicted molar refractivity (Wildman–Crippen MR) is 61.1 cm³/mol. The van der Waals surface area contributed by atoms with Gasteiger partial charge in [0.15, 0.2) is 0 Å². The van der Waals surface area contributed by atoms with Gasteiger partial charge in [0, 0.05) is 15.6 Å². The minimum Gasteiger partial charge on any atom is -0.390 e. The first-order valence-corrected chi connectivity index (χ1v) is 5.33. The molecular weight excluding hydrogens is 237 g/mol. The van der Waals surface area contributed by atoms with Crippen molar-refractivity contribution < 1.29 is 10.2 Å². The molecule has 1 aromatic carbocycles. The standard InChI is InChI=1S/C10H13Cl2NO2/c11-6-1-2-7(8(12)5-6)10(15)9(14)3-4-13/h1-2,5,9-10,14-15H,3-4,13H2. The van der Waals surface area contributed by atoms with Crippen molar-refractivity contribution in [3.63, 3.8) is 0 Å². The molecule has 0 aliphatic rings. The monoisotopic (exact) mass is 249 g/mol. The summed E-state index contributed by atoms with van der Waals surface area (Å²) in [4.78, 5) is 0. The molecule has 0 aliphatic carbocycles. The lowest BCUT2D eigenvalue weighted by molar-refractivity contribution is 0.0151. The molecule has 0 spiro atoms. The van der Waals surface area contributed by atoms with Crippen molar-refractivity contribution in [1.29, 1.82) is 0 Å². The Labute approximate surface area is 98.4 Å². The molecule has 84 valence electrons. The van der Waals surface area contributed by atoms with E-state index in [1.807, 2.05) is 0 Å². The number of nitrogens with two attached hydrogens (primary N) is 1. The Morgan fingerprint density at radius 1 is 1.27 bits per heavy atom. The van der Waals surface area contributed by atoms with Crippen LogP contribution in [0.3, 0.4) is 0 Å². The third-order valence-electron chi connectivity index (χ3n) is 2.11. The maximum Gasteiger partial charge on any atom is 0.106 e. The van der Waals surface area contributed by atoms with E-state index in [9.17, 15) is 10.2 Å². The molecule has 0 heterocycles. The first-order chi connectivity index (χ1) is 7.06. The lowest BCUT2D eigenvalue weighted by atomic mass is 10.0. The van der Waals surface area contributed by atoms with E-state index in [1.54, 1.807) is 12.1 Å². The van der Waals surface area contributed by atoms with Crippen molar-refractivity contribution in [1.82, 2.24) is 0 Å². The number of rotatable bonds is 4. The molecule has 1 rings (SSSR count). The van der Waals surface area contributed by atoms with Gasteiger partial charge in [0.2, 0.25) is 0 Å². The van der Waals surface area contributed by atoms with Gasteiger partial charge in [-0.3, -0.25) is 0 Å². The van der Waals surface area contributed by atoms with Crippen LogP contribution in [0.15, 0.2) is 18.2 Å². The number of hydrogen-bond donors (Lipinski definition) is 3. The van der Waals surface area contributed by atoms with Gasteiger partial charge in [-0.05, 0) is 25.1 Å². The summed E-state index contributed by atoms with van der Waals surface area (Å²) in [6.07, 6.45) is -1.62. The molecule has 0 aromatic heterocycles. The highest BCUT2D eigenvalue weighted by Crippen LogP contribution is 2.28. The summed E-state index contributed by atoms with van der Waals surface area (Å²) in [5.41, 5.74) is 5.74. The Balaban J connectivity index is 2.86. The summed E-state index contributed by atoms with van der Waals surface area (Å²) in [5, 5.41) is 20.1. The largest absolute Gasteiger partial charge is 0.390 e. The zero-order valence-electron chi connectivity index (χ0n) is 8.03. The fraction of sp³-hybridized carbons (Fsp3) is 0.400. The molecule has 0 fully saturated rings. The van der Waals surface area contributed by atoms with Gasteiger partial charge < -0.3 is 15.9 Å². The van der Waals surface area contributed by atoms with Crippen LogP contribution in [0.2, 0.25) is 10.0 Å². The summed E-state index contributed by atoms with van der Waals surface area (Å²) in [6.45, 7) is 0.309. The van der Waals surface area contributed by atoms with Crippen molar-refractivity contribution in [2.45, 2.75) is 18.6 Å². The van der Waals surface area contributed by atoms with Gasteiger partial charge in [-0.25, -0.2) is 0 Å². The average molecular weight is 250 g/mol. The molecule has 15 heavy (non-hydrogen) atoms. The maximum atomic E-state index is 9.76. The zero-order valence-corrected chi connectivity index (χ0v) is 9.54. The van der Waals surface area contributed by atoms with Crippen LogP contribution in [-0.4, -0.2) is 22.9 Å². The van der Waals surface area contributed by atoms with Gasteiger partial charge in [0.05, 0.1) is 6.10 Å². The normalized spacial score (nSPS) is 15.0. The van der Waals surface area contributed by atoms with Crippen LogP contribution >= 0.6 is 23.2 Å². The third kappa shape index (κ3) is 3.33. The Kier molecular flexibility index (Phi) is 4.83. The summed E-state index contributed by atoms with van der Waals surface area (Å²) in [6, 6.07) is 4.73. The highest BCUT2D eigenvalue weighted by atomic mass is 35.5. The van der Waals surface area contributed by atoms with E-state index >= 15 is 0 Å². The van der Waals surface area contributed by atoms with Crippen LogP contribution in [0.1, 0.15) is 18.1 Å². The molecule has 1 aromatic rings. The van der Waals surface area contributed by atoms with Gasteiger partial charge in [0.25, 0.3) is 0 Å². The summed E-state index contributed by atoms with van der Waals surface area (Å²) < 4.78 is 0. The third-order valence-corrected chi connectivity index (χ3v) is 2.67. The Hall–Kier alpha value is -0.320. The van der Waals surface area contributed by atoms with Gasteiger partial charge in [0.1, 0.15) is 6.10 Å². The maximum absolute atomic E-state index is 9.76. The van der Waals surface area contributed by atoms with Crippen LogP contribution in [0.25, 0.3) is 0 Å². The van der Waals surface area contributed by atoms with Crippen molar-refractivity contribution in [2.75, 3.05) is 6.54 Å². The van der Waals surface area contributed by atoms with Crippen molar-refractivity contribution in [3.05, 3.63) is 33.8 Å². The van der Waals surface area contributed by atoms with E-state index in [2.05, 4.69) is 0 Å². The number of hydrogen-bond acceptors (Lipinski definition) is 3. The molecule has 0 bridgehead atoms. The van der Waals surface area contributed by atoms with Crippen molar-refractivity contribution in [3.8, 4) is 0 Å². The van der Waals surface area contributed by atoms with Crippen LogP contribution in [0.4, 0.5) is 0 Å². The molecule has 0 aliphatic heterocycles. The molecule has 0 saturated heterocycles. The smallest absolute Gasteiger partial charge is 0.106 e. The lowest BCUT2D eigenvalue weighted by Crippen LogP contribution is -2.22. The average Bonchev–Trinajstić information content (AvgIpc) is 2.17. The summed E-state index contributed by atoms with van der Waals surface area (Å²) >= 11 is 11.6. The fourth-order valence-electron chi connectivity index (χ4n) is 1.28. The fourth-order valence-corrected chi connectivity index (χ4v) is 1.80. The Bertz CT molecular complexity index is 333. The van der Waals surface area contributed by atoms with Gasteiger partial charge in [-0.1, -0.05) is 29.3 Å². The second kappa shape index (κ2) is 5.68. The van der Waals surface area contributed by atoms with E-state index < -0.39 is 12.2 Å². The zero-order chi connectivity index (χ0) is 11.4. The second-order valence-corrected chi connectivity index (χ2v) is 4.10. The molecule has 0 amide bonds. The predicted octanol–water partition coefficient (Wildman–Crippen LogP) is 1.74. The van der Waals surface area contributed by atoms with E-state index in [4.69, 9.17) is 28.9 Å². The minimum atomic E-state index is -1.03. The Morgan fingerprint density at radius 3 is 2.47 bits per heavy atom. The molecule has 0 saturated carbocycles. The minimum absolute atomic E-state index is 0.309. The number of benzene rings is 1.